The Labute approximate surface area is 214 Å². The van der Waals surface area contributed by atoms with Crippen molar-refractivity contribution in [3.63, 3.8) is 0 Å². The highest BCUT2D eigenvalue weighted by molar-refractivity contribution is 7.92. The number of rotatable bonds is 11. The van der Waals surface area contributed by atoms with E-state index < -0.39 is 28.5 Å². The molecule has 0 saturated heterocycles. The number of aryl methyl sites for hydroxylation is 1. The fraction of sp³-hybridized carbons (Fsp3) is 0.481. The van der Waals surface area contributed by atoms with E-state index in [1.54, 1.807) is 12.1 Å². The van der Waals surface area contributed by atoms with Crippen molar-refractivity contribution < 1.29 is 22.7 Å². The third-order valence-electron chi connectivity index (χ3n) is 6.57. The van der Waals surface area contributed by atoms with Crippen LogP contribution in [0.1, 0.15) is 50.2 Å². The summed E-state index contributed by atoms with van der Waals surface area (Å²) in [6.45, 7) is 3.45. The maximum absolute atomic E-state index is 13.8. The summed E-state index contributed by atoms with van der Waals surface area (Å²) in [5, 5.41) is 3.11. The normalized spacial score (nSPS) is 14.8. The predicted octanol–water partition coefficient (Wildman–Crippen LogP) is 3.64. The van der Waals surface area contributed by atoms with Crippen LogP contribution in [0.15, 0.2) is 48.5 Å². The van der Waals surface area contributed by atoms with Gasteiger partial charge in [-0.15, -0.1) is 0 Å². The highest BCUT2D eigenvalue weighted by Crippen LogP contribution is 2.31. The van der Waals surface area contributed by atoms with Gasteiger partial charge in [-0.2, -0.15) is 0 Å². The first-order chi connectivity index (χ1) is 17.1. The number of sulfonamides is 1. The Morgan fingerprint density at radius 3 is 2.36 bits per heavy atom. The molecule has 0 radical (unpaired) electrons. The summed E-state index contributed by atoms with van der Waals surface area (Å²) in [6, 6.07) is 14.0. The van der Waals surface area contributed by atoms with Crippen LogP contribution in [-0.2, 0) is 26.2 Å². The number of carbonyl (C=O) groups excluding carboxylic acids is 2. The Kier molecular flexibility index (Phi) is 9.37. The molecule has 1 unspecified atom stereocenters. The molecular formula is C27H37N3O5S. The second-order valence-corrected chi connectivity index (χ2v) is 11.3. The zero-order valence-corrected chi connectivity index (χ0v) is 22.4. The predicted molar refractivity (Wildman–Crippen MR) is 141 cm³/mol. The Bertz CT molecular complexity index is 1150. The lowest BCUT2D eigenvalue weighted by atomic mass is 10.1. The lowest BCUT2D eigenvalue weighted by Crippen LogP contribution is -2.53. The Hall–Kier alpha value is -3.07. The van der Waals surface area contributed by atoms with Crippen molar-refractivity contribution in [2.45, 2.75) is 64.6 Å². The minimum absolute atomic E-state index is 0.115. The minimum Gasteiger partial charge on any atom is -0.495 e. The number of hydrogen-bond acceptors (Lipinski definition) is 5. The van der Waals surface area contributed by atoms with E-state index in [1.165, 1.54) is 12.0 Å². The molecule has 0 spiro atoms. The van der Waals surface area contributed by atoms with Crippen LogP contribution in [0.2, 0.25) is 0 Å². The molecule has 1 N–H and O–H groups in total. The number of nitrogens with one attached hydrogen (secondary N) is 1. The van der Waals surface area contributed by atoms with Crippen LogP contribution in [0, 0.1) is 6.92 Å². The molecule has 2 aromatic carbocycles. The molecule has 1 saturated carbocycles. The molecule has 1 aliphatic carbocycles. The highest BCUT2D eigenvalue weighted by atomic mass is 32.2. The van der Waals surface area contributed by atoms with Crippen LogP contribution < -0.4 is 14.4 Å². The number of anilines is 1. The third kappa shape index (κ3) is 7.00. The van der Waals surface area contributed by atoms with Crippen molar-refractivity contribution in [3.05, 3.63) is 59.7 Å². The largest absolute Gasteiger partial charge is 0.495 e. The van der Waals surface area contributed by atoms with E-state index in [4.69, 9.17) is 4.74 Å². The SMILES string of the molecule is CCC(C(=O)NC1CCCC1)N(Cc1ccccc1)C(=O)CN(c1cc(C)ccc1OC)S(C)(=O)=O. The molecule has 9 heteroatoms. The lowest BCUT2D eigenvalue weighted by molar-refractivity contribution is -0.140. The van der Waals surface area contributed by atoms with Gasteiger partial charge in [0.2, 0.25) is 21.8 Å². The standard InChI is InChI=1S/C27H37N3O5S/c1-5-23(27(32)28-22-13-9-10-14-22)29(18-21-11-7-6-8-12-21)26(31)19-30(36(4,33)34)24-17-20(2)15-16-25(24)35-3/h6-8,11-12,15-17,22-23H,5,9-10,13-14,18-19H2,1-4H3,(H,28,32). The van der Waals surface area contributed by atoms with Crippen LogP contribution in [-0.4, -0.2) is 57.1 Å². The van der Waals surface area contributed by atoms with Gasteiger partial charge in [-0.25, -0.2) is 8.42 Å². The fourth-order valence-electron chi connectivity index (χ4n) is 4.66. The van der Waals surface area contributed by atoms with E-state index in [0.717, 1.165) is 47.4 Å². The Morgan fingerprint density at radius 1 is 1.11 bits per heavy atom. The maximum Gasteiger partial charge on any atom is 0.244 e. The molecule has 8 nitrogen and oxygen atoms in total. The third-order valence-corrected chi connectivity index (χ3v) is 7.69. The number of benzene rings is 2. The fourth-order valence-corrected chi connectivity index (χ4v) is 5.50. The highest BCUT2D eigenvalue weighted by Gasteiger charge is 2.33. The maximum atomic E-state index is 13.8. The average molecular weight is 516 g/mol. The molecule has 1 atom stereocenters. The van der Waals surface area contributed by atoms with E-state index in [-0.39, 0.29) is 24.2 Å². The van der Waals surface area contributed by atoms with Gasteiger partial charge < -0.3 is 15.0 Å². The number of hydrogen-bond donors (Lipinski definition) is 1. The van der Waals surface area contributed by atoms with Gasteiger partial charge in [0.05, 0.1) is 19.1 Å². The Morgan fingerprint density at radius 2 is 1.78 bits per heavy atom. The van der Waals surface area contributed by atoms with Crippen molar-refractivity contribution in [1.82, 2.24) is 10.2 Å². The summed E-state index contributed by atoms with van der Waals surface area (Å²) in [6.07, 6.45) is 5.50. The smallest absolute Gasteiger partial charge is 0.244 e. The van der Waals surface area contributed by atoms with Crippen molar-refractivity contribution in [3.8, 4) is 5.75 Å². The van der Waals surface area contributed by atoms with Crippen LogP contribution in [0.3, 0.4) is 0 Å². The van der Waals surface area contributed by atoms with Gasteiger partial charge in [-0.05, 0) is 49.4 Å². The van der Waals surface area contributed by atoms with Crippen LogP contribution in [0.5, 0.6) is 5.75 Å². The summed E-state index contributed by atoms with van der Waals surface area (Å²) in [7, 11) is -2.38. The van der Waals surface area contributed by atoms with E-state index in [0.29, 0.717) is 12.2 Å². The number of methoxy groups -OCH3 is 1. The van der Waals surface area contributed by atoms with Crippen LogP contribution in [0.25, 0.3) is 0 Å². The van der Waals surface area contributed by atoms with Crippen molar-refractivity contribution in [2.75, 3.05) is 24.2 Å². The molecule has 1 fully saturated rings. The molecule has 2 aromatic rings. The van der Waals surface area contributed by atoms with Gasteiger partial charge >= 0.3 is 0 Å². The van der Waals surface area contributed by atoms with E-state index in [1.807, 2.05) is 50.2 Å². The quantitative estimate of drug-likeness (QED) is 0.493. The van der Waals surface area contributed by atoms with Crippen molar-refractivity contribution >= 4 is 27.5 Å². The first-order valence-electron chi connectivity index (χ1n) is 12.4. The number of nitrogens with zero attached hydrogens (tertiary/aromatic N) is 2. The van der Waals surface area contributed by atoms with Gasteiger partial charge in [-0.1, -0.05) is 56.2 Å². The van der Waals surface area contributed by atoms with Crippen molar-refractivity contribution in [1.29, 1.82) is 0 Å². The molecule has 0 aliphatic heterocycles. The van der Waals surface area contributed by atoms with Gasteiger partial charge in [-0.3, -0.25) is 13.9 Å². The zero-order chi connectivity index (χ0) is 26.3. The molecular weight excluding hydrogens is 478 g/mol. The molecule has 3 rings (SSSR count). The van der Waals surface area contributed by atoms with E-state index in [2.05, 4.69) is 5.32 Å². The molecule has 36 heavy (non-hydrogen) atoms. The summed E-state index contributed by atoms with van der Waals surface area (Å²) >= 11 is 0. The second-order valence-electron chi connectivity index (χ2n) is 9.37. The summed E-state index contributed by atoms with van der Waals surface area (Å²) in [4.78, 5) is 28.6. The zero-order valence-electron chi connectivity index (χ0n) is 21.6. The molecule has 0 heterocycles. The molecule has 2 amide bonds. The van der Waals surface area contributed by atoms with Crippen LogP contribution >= 0.6 is 0 Å². The number of amides is 2. The first-order valence-corrected chi connectivity index (χ1v) is 14.2. The molecule has 196 valence electrons. The van der Waals surface area contributed by atoms with E-state index in [9.17, 15) is 18.0 Å². The van der Waals surface area contributed by atoms with E-state index >= 15 is 0 Å². The summed E-state index contributed by atoms with van der Waals surface area (Å²) in [5.41, 5.74) is 1.98. The molecule has 1 aliphatic rings. The van der Waals surface area contributed by atoms with Gasteiger partial charge in [0.15, 0.2) is 0 Å². The molecule has 0 bridgehead atoms. The topological polar surface area (TPSA) is 96.0 Å². The van der Waals surface area contributed by atoms with Crippen molar-refractivity contribution in [2.24, 2.45) is 0 Å². The monoisotopic (exact) mass is 515 g/mol. The lowest BCUT2D eigenvalue weighted by Gasteiger charge is -2.33. The first kappa shape index (κ1) is 27.5. The van der Waals surface area contributed by atoms with Crippen LogP contribution in [0.4, 0.5) is 5.69 Å². The summed E-state index contributed by atoms with van der Waals surface area (Å²) in [5.74, 6) is -0.312. The minimum atomic E-state index is -3.83. The Balaban J connectivity index is 1.95. The molecule has 0 aromatic heterocycles. The summed E-state index contributed by atoms with van der Waals surface area (Å²) < 4.78 is 32.2. The number of carbonyl (C=O) groups is 2. The second kappa shape index (κ2) is 12.3. The average Bonchev–Trinajstić information content (AvgIpc) is 3.35. The van der Waals surface area contributed by atoms with Gasteiger partial charge in [0.25, 0.3) is 0 Å². The van der Waals surface area contributed by atoms with Gasteiger partial charge in [0.1, 0.15) is 18.3 Å². The van der Waals surface area contributed by atoms with Gasteiger partial charge in [0, 0.05) is 12.6 Å². The number of ether oxygens (including phenoxy) is 1.